The Hall–Kier alpha value is -1.81. The predicted octanol–water partition coefficient (Wildman–Crippen LogP) is 2.55. The first-order chi connectivity index (χ1) is 13.4. The quantitative estimate of drug-likeness (QED) is 0.640. The van der Waals surface area contributed by atoms with Crippen LogP contribution in [-0.4, -0.2) is 54.9 Å². The molecule has 152 valence electrons. The van der Waals surface area contributed by atoms with E-state index in [1.807, 2.05) is 0 Å². The number of rotatable bonds is 7. The molecule has 2 aromatic rings. The van der Waals surface area contributed by atoms with Crippen LogP contribution in [0.1, 0.15) is 41.2 Å². The number of nitrogens with zero attached hydrogens (tertiary/aromatic N) is 2. The zero-order valence-corrected chi connectivity index (χ0v) is 18.4. The number of amides is 2. The second-order valence-corrected chi connectivity index (χ2v) is 9.24. The summed E-state index contributed by atoms with van der Waals surface area (Å²) >= 11 is 3.06. The van der Waals surface area contributed by atoms with E-state index in [-0.39, 0.29) is 11.8 Å². The molecule has 28 heavy (non-hydrogen) atoms. The van der Waals surface area contributed by atoms with Gasteiger partial charge >= 0.3 is 0 Å². The fourth-order valence-electron chi connectivity index (χ4n) is 3.03. The standard InChI is InChI=1S/C19H27N5O2S2/c1-11(2)21-8-6-15(25)23-18-16(12-5-7-20-9-14(12)28-18)17-22-13(10-27-17)19(26)24(3)4/h10-11,20-21H,5-9H2,1-4H3,(H,23,25). The van der Waals surface area contributed by atoms with Crippen LogP contribution in [0.25, 0.3) is 10.6 Å². The van der Waals surface area contributed by atoms with Gasteiger partial charge in [-0.15, -0.1) is 22.7 Å². The number of anilines is 1. The van der Waals surface area contributed by atoms with Crippen molar-refractivity contribution in [2.45, 2.75) is 39.3 Å². The molecule has 3 N–H and O–H groups in total. The largest absolute Gasteiger partial charge is 0.343 e. The zero-order valence-electron chi connectivity index (χ0n) is 16.7. The van der Waals surface area contributed by atoms with Gasteiger partial charge in [-0.25, -0.2) is 4.98 Å². The van der Waals surface area contributed by atoms with Crippen molar-refractivity contribution in [3.63, 3.8) is 0 Å². The molecule has 1 aliphatic heterocycles. The number of carbonyl (C=O) groups excluding carboxylic acids is 2. The van der Waals surface area contributed by atoms with Gasteiger partial charge in [0.2, 0.25) is 5.91 Å². The van der Waals surface area contributed by atoms with Gasteiger partial charge in [-0.3, -0.25) is 9.59 Å². The van der Waals surface area contributed by atoms with Crippen LogP contribution in [0.3, 0.4) is 0 Å². The third-order valence-electron chi connectivity index (χ3n) is 4.43. The van der Waals surface area contributed by atoms with E-state index in [1.54, 1.807) is 30.8 Å². The van der Waals surface area contributed by atoms with E-state index in [1.165, 1.54) is 26.7 Å². The van der Waals surface area contributed by atoms with Crippen LogP contribution in [0.15, 0.2) is 5.38 Å². The molecule has 2 aromatic heterocycles. The lowest BCUT2D eigenvalue weighted by Crippen LogP contribution is -2.27. The number of hydrogen-bond donors (Lipinski definition) is 3. The third kappa shape index (κ3) is 4.78. The Morgan fingerprint density at radius 1 is 1.36 bits per heavy atom. The van der Waals surface area contributed by atoms with Gasteiger partial charge in [0.1, 0.15) is 15.7 Å². The summed E-state index contributed by atoms with van der Waals surface area (Å²) in [7, 11) is 3.44. The lowest BCUT2D eigenvalue weighted by molar-refractivity contribution is -0.116. The molecule has 3 rings (SSSR count). The van der Waals surface area contributed by atoms with Crippen molar-refractivity contribution in [3.8, 4) is 10.6 Å². The molecule has 0 saturated carbocycles. The summed E-state index contributed by atoms with van der Waals surface area (Å²) in [4.78, 5) is 32.0. The highest BCUT2D eigenvalue weighted by atomic mass is 32.1. The Bertz CT molecular complexity index is 857. The molecule has 2 amide bonds. The Morgan fingerprint density at radius 3 is 2.86 bits per heavy atom. The molecule has 1 aliphatic rings. The molecule has 0 atom stereocenters. The van der Waals surface area contributed by atoms with E-state index in [0.717, 1.165) is 35.1 Å². The SMILES string of the molecule is CC(C)NCCC(=O)Nc1sc2c(c1-c1nc(C(=O)N(C)C)cs1)CCNC2. The van der Waals surface area contributed by atoms with Gasteiger partial charge in [0.05, 0.1) is 0 Å². The second kappa shape index (κ2) is 9.13. The fourth-order valence-corrected chi connectivity index (χ4v) is 5.20. The Labute approximate surface area is 173 Å². The van der Waals surface area contributed by atoms with Gasteiger partial charge in [-0.2, -0.15) is 0 Å². The van der Waals surface area contributed by atoms with Crippen LogP contribution in [0, 0.1) is 0 Å². The molecule has 7 nitrogen and oxygen atoms in total. The summed E-state index contributed by atoms with van der Waals surface area (Å²) in [5.41, 5.74) is 2.66. The Kier molecular flexibility index (Phi) is 6.82. The summed E-state index contributed by atoms with van der Waals surface area (Å²) in [6.45, 7) is 6.46. The summed E-state index contributed by atoms with van der Waals surface area (Å²) in [6, 6.07) is 0.353. The first-order valence-electron chi connectivity index (χ1n) is 9.42. The number of aromatic nitrogens is 1. The van der Waals surface area contributed by atoms with E-state index in [2.05, 4.69) is 34.8 Å². The number of thiazole rings is 1. The zero-order chi connectivity index (χ0) is 20.3. The third-order valence-corrected chi connectivity index (χ3v) is 6.44. The average molecular weight is 422 g/mol. The normalized spacial score (nSPS) is 13.5. The molecule has 9 heteroatoms. The van der Waals surface area contributed by atoms with Crippen molar-refractivity contribution in [2.24, 2.45) is 0 Å². The van der Waals surface area contributed by atoms with Gasteiger partial charge in [-0.1, -0.05) is 13.8 Å². The van der Waals surface area contributed by atoms with E-state index in [4.69, 9.17) is 0 Å². The van der Waals surface area contributed by atoms with Gasteiger partial charge in [0.25, 0.3) is 5.91 Å². The van der Waals surface area contributed by atoms with Crippen LogP contribution in [0.5, 0.6) is 0 Å². The Morgan fingerprint density at radius 2 is 2.14 bits per heavy atom. The van der Waals surface area contributed by atoms with Gasteiger partial charge in [0, 0.05) is 55.5 Å². The molecule has 0 radical (unpaired) electrons. The van der Waals surface area contributed by atoms with Crippen molar-refractivity contribution >= 4 is 39.5 Å². The summed E-state index contributed by atoms with van der Waals surface area (Å²) in [6.07, 6.45) is 1.31. The van der Waals surface area contributed by atoms with Crippen molar-refractivity contribution in [1.29, 1.82) is 0 Å². The lowest BCUT2D eigenvalue weighted by Gasteiger charge is -2.13. The van der Waals surface area contributed by atoms with Crippen LogP contribution < -0.4 is 16.0 Å². The summed E-state index contributed by atoms with van der Waals surface area (Å²) in [5, 5.41) is 13.1. The fraction of sp³-hybridized carbons (Fsp3) is 0.526. The predicted molar refractivity (Wildman–Crippen MR) is 115 cm³/mol. The highest BCUT2D eigenvalue weighted by Crippen LogP contribution is 2.43. The minimum absolute atomic E-state index is 0.0119. The maximum atomic E-state index is 12.5. The molecule has 0 fully saturated rings. The van der Waals surface area contributed by atoms with Gasteiger partial charge in [0.15, 0.2) is 0 Å². The number of hydrogen-bond acceptors (Lipinski definition) is 7. The molecule has 0 aliphatic carbocycles. The first kappa shape index (κ1) is 20.9. The maximum Gasteiger partial charge on any atom is 0.272 e. The second-order valence-electron chi connectivity index (χ2n) is 7.28. The lowest BCUT2D eigenvalue weighted by atomic mass is 10.0. The van der Waals surface area contributed by atoms with E-state index in [0.29, 0.717) is 24.7 Å². The number of nitrogens with one attached hydrogen (secondary N) is 3. The van der Waals surface area contributed by atoms with Crippen molar-refractivity contribution in [3.05, 3.63) is 21.5 Å². The highest BCUT2D eigenvalue weighted by Gasteiger charge is 2.25. The molecule has 0 saturated heterocycles. The minimum Gasteiger partial charge on any atom is -0.343 e. The molecule has 0 spiro atoms. The molecule has 0 unspecified atom stereocenters. The number of carbonyl (C=O) groups is 2. The van der Waals surface area contributed by atoms with E-state index in [9.17, 15) is 9.59 Å². The highest BCUT2D eigenvalue weighted by molar-refractivity contribution is 7.18. The van der Waals surface area contributed by atoms with Crippen molar-refractivity contribution < 1.29 is 9.59 Å². The molecule has 0 aromatic carbocycles. The molecule has 3 heterocycles. The Balaban J connectivity index is 1.86. The van der Waals surface area contributed by atoms with Crippen LogP contribution in [-0.2, 0) is 17.8 Å². The minimum atomic E-state index is -0.112. The first-order valence-corrected chi connectivity index (χ1v) is 11.1. The number of fused-ring (bicyclic) bond motifs is 1. The van der Waals surface area contributed by atoms with E-state index >= 15 is 0 Å². The van der Waals surface area contributed by atoms with Crippen molar-refractivity contribution in [2.75, 3.05) is 32.5 Å². The van der Waals surface area contributed by atoms with Gasteiger partial charge in [-0.05, 0) is 18.5 Å². The molecular formula is C19H27N5O2S2. The van der Waals surface area contributed by atoms with Gasteiger partial charge < -0.3 is 20.9 Å². The maximum absolute atomic E-state index is 12.5. The summed E-state index contributed by atoms with van der Waals surface area (Å²) in [5.74, 6) is -0.124. The van der Waals surface area contributed by atoms with Crippen LogP contribution in [0.4, 0.5) is 5.00 Å². The topological polar surface area (TPSA) is 86.4 Å². The smallest absolute Gasteiger partial charge is 0.272 e. The average Bonchev–Trinajstić information content (AvgIpc) is 3.24. The van der Waals surface area contributed by atoms with E-state index < -0.39 is 0 Å². The monoisotopic (exact) mass is 421 g/mol. The molecular weight excluding hydrogens is 394 g/mol. The summed E-state index contributed by atoms with van der Waals surface area (Å²) < 4.78 is 0. The van der Waals surface area contributed by atoms with Crippen LogP contribution in [0.2, 0.25) is 0 Å². The number of thiophene rings is 1. The molecule has 0 bridgehead atoms. The van der Waals surface area contributed by atoms with Crippen molar-refractivity contribution in [1.82, 2.24) is 20.5 Å². The van der Waals surface area contributed by atoms with Crippen LogP contribution >= 0.6 is 22.7 Å².